The number of imide groups is 1. The summed E-state index contributed by atoms with van der Waals surface area (Å²) in [4.78, 5) is 39.5. The minimum absolute atomic E-state index is 0.342. The average molecular weight is 458 g/mol. The molecular weight excluding hydrogens is 434 g/mol. The van der Waals surface area contributed by atoms with E-state index in [2.05, 4.69) is 26.6 Å². The van der Waals surface area contributed by atoms with Crippen LogP contribution in [0.2, 0.25) is 0 Å². The SMILES string of the molecule is CCCCC1(c2ccccc2)NC(=O)N(CC(=O)Nc2ccc(C)cc2Br)C1=O. The maximum absolute atomic E-state index is 13.3. The van der Waals surface area contributed by atoms with Gasteiger partial charge < -0.3 is 10.6 Å². The van der Waals surface area contributed by atoms with Gasteiger partial charge in [0.05, 0.1) is 5.69 Å². The molecule has 0 bridgehead atoms. The first-order valence-corrected chi connectivity index (χ1v) is 10.4. The van der Waals surface area contributed by atoms with E-state index in [4.69, 9.17) is 0 Å². The fourth-order valence-corrected chi connectivity index (χ4v) is 4.09. The second-order valence-corrected chi connectivity index (χ2v) is 8.08. The van der Waals surface area contributed by atoms with Gasteiger partial charge in [0.1, 0.15) is 12.1 Å². The van der Waals surface area contributed by atoms with Crippen molar-refractivity contribution in [3.8, 4) is 0 Å². The van der Waals surface area contributed by atoms with Crippen LogP contribution in [-0.2, 0) is 15.1 Å². The Labute approximate surface area is 178 Å². The molecule has 7 heteroatoms. The molecule has 0 aliphatic carbocycles. The topological polar surface area (TPSA) is 78.5 Å². The predicted octanol–water partition coefficient (Wildman–Crippen LogP) is 4.33. The van der Waals surface area contributed by atoms with Crippen molar-refractivity contribution < 1.29 is 14.4 Å². The summed E-state index contributed by atoms with van der Waals surface area (Å²) in [6.07, 6.45) is 2.15. The lowest BCUT2D eigenvalue weighted by Crippen LogP contribution is -2.44. The maximum Gasteiger partial charge on any atom is 0.325 e. The number of halogens is 1. The summed E-state index contributed by atoms with van der Waals surface area (Å²) in [6.45, 7) is 3.64. The van der Waals surface area contributed by atoms with E-state index in [9.17, 15) is 14.4 Å². The van der Waals surface area contributed by atoms with Crippen molar-refractivity contribution in [1.82, 2.24) is 10.2 Å². The van der Waals surface area contributed by atoms with Crippen molar-refractivity contribution in [3.63, 3.8) is 0 Å². The quantitative estimate of drug-likeness (QED) is 0.607. The minimum atomic E-state index is -1.13. The highest BCUT2D eigenvalue weighted by Gasteiger charge is 2.52. The zero-order valence-corrected chi connectivity index (χ0v) is 18.1. The second kappa shape index (κ2) is 8.78. The van der Waals surface area contributed by atoms with Gasteiger partial charge in [-0.2, -0.15) is 0 Å². The third-order valence-corrected chi connectivity index (χ3v) is 5.70. The number of hydrogen-bond acceptors (Lipinski definition) is 3. The van der Waals surface area contributed by atoms with Crippen molar-refractivity contribution in [3.05, 3.63) is 64.1 Å². The number of unbranched alkanes of at least 4 members (excludes halogenated alkanes) is 1. The normalized spacial score (nSPS) is 18.7. The molecular formula is C22H24BrN3O3. The zero-order chi connectivity index (χ0) is 21.0. The lowest BCUT2D eigenvalue weighted by Gasteiger charge is -2.27. The smallest absolute Gasteiger partial charge is 0.323 e. The Balaban J connectivity index is 1.80. The van der Waals surface area contributed by atoms with Crippen LogP contribution in [0, 0.1) is 6.92 Å². The molecule has 2 aromatic rings. The van der Waals surface area contributed by atoms with Crippen LogP contribution < -0.4 is 10.6 Å². The summed E-state index contributed by atoms with van der Waals surface area (Å²) < 4.78 is 0.740. The lowest BCUT2D eigenvalue weighted by atomic mass is 9.85. The molecule has 1 aliphatic heterocycles. The Morgan fingerprint density at radius 2 is 1.90 bits per heavy atom. The molecule has 4 amide bonds. The molecule has 29 heavy (non-hydrogen) atoms. The van der Waals surface area contributed by atoms with E-state index in [0.29, 0.717) is 12.1 Å². The van der Waals surface area contributed by atoms with Gasteiger partial charge in [0.25, 0.3) is 5.91 Å². The van der Waals surface area contributed by atoms with E-state index in [1.807, 2.05) is 56.3 Å². The molecule has 1 saturated heterocycles. The van der Waals surface area contributed by atoms with Gasteiger partial charge in [-0.15, -0.1) is 0 Å². The zero-order valence-electron chi connectivity index (χ0n) is 16.5. The highest BCUT2D eigenvalue weighted by atomic mass is 79.9. The van der Waals surface area contributed by atoms with Crippen LogP contribution in [0.3, 0.4) is 0 Å². The molecule has 2 N–H and O–H groups in total. The summed E-state index contributed by atoms with van der Waals surface area (Å²) in [5.74, 6) is -0.822. The monoisotopic (exact) mass is 457 g/mol. The maximum atomic E-state index is 13.3. The number of nitrogens with zero attached hydrogens (tertiary/aromatic N) is 1. The van der Waals surface area contributed by atoms with Crippen LogP contribution in [0.4, 0.5) is 10.5 Å². The highest BCUT2D eigenvalue weighted by molar-refractivity contribution is 9.10. The Bertz CT molecular complexity index is 932. The van der Waals surface area contributed by atoms with Crippen LogP contribution in [0.25, 0.3) is 0 Å². The van der Waals surface area contributed by atoms with Crippen molar-refractivity contribution in [2.75, 3.05) is 11.9 Å². The number of amides is 4. The number of carbonyl (C=O) groups excluding carboxylic acids is 3. The fourth-order valence-electron chi connectivity index (χ4n) is 3.50. The molecule has 1 heterocycles. The summed E-state index contributed by atoms with van der Waals surface area (Å²) >= 11 is 3.41. The Hall–Kier alpha value is -2.67. The largest absolute Gasteiger partial charge is 0.325 e. The van der Waals surface area contributed by atoms with Gasteiger partial charge >= 0.3 is 6.03 Å². The van der Waals surface area contributed by atoms with E-state index in [1.54, 1.807) is 6.07 Å². The molecule has 0 saturated carbocycles. The van der Waals surface area contributed by atoms with E-state index in [-0.39, 0.29) is 12.5 Å². The van der Waals surface area contributed by atoms with E-state index in [0.717, 1.165) is 33.3 Å². The van der Waals surface area contributed by atoms with Gasteiger partial charge in [-0.25, -0.2) is 4.79 Å². The predicted molar refractivity (Wildman–Crippen MR) is 115 cm³/mol. The number of rotatable bonds is 7. The number of urea groups is 1. The molecule has 1 atom stereocenters. The Morgan fingerprint density at radius 3 is 2.55 bits per heavy atom. The molecule has 0 aromatic heterocycles. The first-order valence-electron chi connectivity index (χ1n) is 9.63. The van der Waals surface area contributed by atoms with Crippen LogP contribution in [-0.4, -0.2) is 29.3 Å². The van der Waals surface area contributed by atoms with Crippen LogP contribution in [0.5, 0.6) is 0 Å². The molecule has 2 aromatic carbocycles. The second-order valence-electron chi connectivity index (χ2n) is 7.23. The summed E-state index contributed by atoms with van der Waals surface area (Å²) in [6, 6.07) is 14.2. The van der Waals surface area contributed by atoms with Crippen molar-refractivity contribution in [1.29, 1.82) is 0 Å². The first kappa shape index (κ1) is 21.0. The molecule has 0 spiro atoms. The third-order valence-electron chi connectivity index (χ3n) is 5.05. The van der Waals surface area contributed by atoms with Crippen LogP contribution >= 0.6 is 15.9 Å². The fraction of sp³-hybridized carbons (Fsp3) is 0.318. The van der Waals surface area contributed by atoms with Crippen molar-refractivity contribution in [2.24, 2.45) is 0 Å². The third kappa shape index (κ3) is 4.34. The van der Waals surface area contributed by atoms with Gasteiger partial charge in [-0.1, -0.05) is 56.2 Å². The molecule has 1 aliphatic rings. The number of nitrogens with one attached hydrogen (secondary N) is 2. The minimum Gasteiger partial charge on any atom is -0.323 e. The van der Waals surface area contributed by atoms with Gasteiger partial charge in [-0.3, -0.25) is 14.5 Å². The van der Waals surface area contributed by atoms with Crippen molar-refractivity contribution in [2.45, 2.75) is 38.6 Å². The van der Waals surface area contributed by atoms with Crippen LogP contribution in [0.1, 0.15) is 37.3 Å². The Kier molecular flexibility index (Phi) is 6.37. The number of aryl methyl sites for hydroxylation is 1. The highest BCUT2D eigenvalue weighted by Crippen LogP contribution is 2.34. The standard InChI is InChI=1S/C22H24BrN3O3/c1-3-4-12-22(16-8-6-5-7-9-16)20(28)26(21(29)25-22)14-19(27)24-18-11-10-15(2)13-17(18)23/h5-11,13H,3-4,12,14H2,1-2H3,(H,24,27)(H,25,29). The first-order chi connectivity index (χ1) is 13.9. The number of carbonyl (C=O) groups is 3. The number of hydrogen-bond donors (Lipinski definition) is 2. The van der Waals surface area contributed by atoms with Gasteiger partial charge in [0.15, 0.2) is 0 Å². The molecule has 0 radical (unpaired) electrons. The molecule has 6 nitrogen and oxygen atoms in total. The lowest BCUT2D eigenvalue weighted by molar-refractivity contribution is -0.134. The van der Waals surface area contributed by atoms with E-state index >= 15 is 0 Å². The van der Waals surface area contributed by atoms with Crippen molar-refractivity contribution >= 4 is 39.5 Å². The molecule has 152 valence electrons. The average Bonchev–Trinajstić information content (AvgIpc) is 2.94. The number of benzene rings is 2. The summed E-state index contributed by atoms with van der Waals surface area (Å²) in [7, 11) is 0. The number of anilines is 1. The van der Waals surface area contributed by atoms with E-state index < -0.39 is 17.5 Å². The van der Waals surface area contributed by atoms with Gasteiger partial charge in [0.2, 0.25) is 5.91 Å². The van der Waals surface area contributed by atoms with Gasteiger partial charge in [-0.05, 0) is 52.5 Å². The molecule has 3 rings (SSSR count). The molecule has 1 unspecified atom stereocenters. The Morgan fingerprint density at radius 1 is 1.17 bits per heavy atom. The summed E-state index contributed by atoms with van der Waals surface area (Å²) in [5, 5.41) is 5.61. The van der Waals surface area contributed by atoms with E-state index in [1.165, 1.54) is 0 Å². The van der Waals surface area contributed by atoms with Gasteiger partial charge in [0, 0.05) is 4.47 Å². The van der Waals surface area contributed by atoms with Crippen LogP contribution in [0.15, 0.2) is 53.0 Å². The molecule has 1 fully saturated rings. The summed E-state index contributed by atoms with van der Waals surface area (Å²) in [5.41, 5.74) is 1.25.